The quantitative estimate of drug-likeness (QED) is 0.493. The molecule has 0 saturated heterocycles. The van der Waals surface area contributed by atoms with E-state index in [1.807, 2.05) is 0 Å². The van der Waals surface area contributed by atoms with Gasteiger partial charge < -0.3 is 15.7 Å². The number of nitrogens with one attached hydrogen (secondary N) is 2. The van der Waals surface area contributed by atoms with Crippen LogP contribution in [0.25, 0.3) is 0 Å². The minimum Gasteiger partial charge on any atom is -0.394 e. The van der Waals surface area contributed by atoms with Crippen LogP contribution >= 0.6 is 0 Å². The average Bonchev–Trinajstić information content (AvgIpc) is 2.59. The van der Waals surface area contributed by atoms with Crippen LogP contribution in [0.3, 0.4) is 0 Å². The van der Waals surface area contributed by atoms with Crippen molar-refractivity contribution in [1.29, 1.82) is 0 Å². The standard InChI is InChI=1S/C16H18F3N5O3/c1-9(2)12(8-25)21-15-22-13(16(17,18)19)7-14(23-15)20-10-3-5-11(6-4-10)24(26)27/h3-7,9,12,25H,8H2,1-2H3,(H2,20,21,22,23)/t12-/m1/s1. The van der Waals surface area contributed by atoms with E-state index in [9.17, 15) is 28.4 Å². The number of alkyl halides is 3. The fourth-order valence-electron chi connectivity index (χ4n) is 2.12. The third kappa shape index (κ3) is 5.51. The minimum atomic E-state index is -4.70. The fourth-order valence-corrected chi connectivity index (χ4v) is 2.12. The molecule has 3 N–H and O–H groups in total. The number of nitrogens with zero attached hydrogens (tertiary/aromatic N) is 3. The lowest BCUT2D eigenvalue weighted by molar-refractivity contribution is -0.384. The Morgan fingerprint density at radius 2 is 1.85 bits per heavy atom. The maximum atomic E-state index is 13.1. The van der Waals surface area contributed by atoms with Crippen molar-refractivity contribution in [2.75, 3.05) is 17.2 Å². The lowest BCUT2D eigenvalue weighted by Crippen LogP contribution is -2.30. The zero-order valence-corrected chi connectivity index (χ0v) is 14.5. The van der Waals surface area contributed by atoms with Crippen LogP contribution in [0, 0.1) is 16.0 Å². The number of nitro benzene ring substituents is 1. The monoisotopic (exact) mass is 385 g/mol. The second-order valence-corrected chi connectivity index (χ2v) is 6.07. The first-order valence-corrected chi connectivity index (χ1v) is 7.95. The Kier molecular flexibility index (Phi) is 6.16. The van der Waals surface area contributed by atoms with Crippen LogP contribution in [0.5, 0.6) is 0 Å². The highest BCUT2D eigenvalue weighted by molar-refractivity contribution is 5.59. The molecule has 0 saturated carbocycles. The summed E-state index contributed by atoms with van der Waals surface area (Å²) in [6, 6.07) is 5.34. The van der Waals surface area contributed by atoms with Crippen molar-refractivity contribution in [3.05, 3.63) is 46.1 Å². The summed E-state index contributed by atoms with van der Waals surface area (Å²) >= 11 is 0. The number of aliphatic hydroxyl groups is 1. The number of aliphatic hydroxyl groups excluding tert-OH is 1. The van der Waals surface area contributed by atoms with Crippen molar-refractivity contribution in [1.82, 2.24) is 9.97 Å². The van der Waals surface area contributed by atoms with E-state index in [0.29, 0.717) is 5.69 Å². The van der Waals surface area contributed by atoms with E-state index in [0.717, 1.165) is 6.07 Å². The second-order valence-electron chi connectivity index (χ2n) is 6.07. The van der Waals surface area contributed by atoms with Gasteiger partial charge in [-0.3, -0.25) is 10.1 Å². The molecule has 2 aromatic rings. The number of anilines is 3. The minimum absolute atomic E-state index is 0.0702. The summed E-state index contributed by atoms with van der Waals surface area (Å²) in [6.45, 7) is 3.28. The van der Waals surface area contributed by atoms with Crippen molar-refractivity contribution in [3.63, 3.8) is 0 Å². The zero-order chi connectivity index (χ0) is 20.2. The van der Waals surface area contributed by atoms with Gasteiger partial charge >= 0.3 is 6.18 Å². The van der Waals surface area contributed by atoms with Gasteiger partial charge in [0, 0.05) is 23.9 Å². The number of aromatic nitrogens is 2. The Balaban J connectivity index is 2.34. The smallest absolute Gasteiger partial charge is 0.394 e. The molecule has 0 radical (unpaired) electrons. The first kappa shape index (κ1) is 20.4. The Morgan fingerprint density at radius 3 is 2.33 bits per heavy atom. The van der Waals surface area contributed by atoms with Crippen LogP contribution in [-0.4, -0.2) is 32.6 Å². The molecule has 0 spiro atoms. The summed E-state index contributed by atoms with van der Waals surface area (Å²) in [5.41, 5.74) is -0.991. The van der Waals surface area contributed by atoms with E-state index >= 15 is 0 Å². The molecule has 1 aromatic heterocycles. The van der Waals surface area contributed by atoms with E-state index in [2.05, 4.69) is 20.6 Å². The molecule has 0 aliphatic heterocycles. The molecule has 146 valence electrons. The van der Waals surface area contributed by atoms with E-state index in [-0.39, 0.29) is 30.0 Å². The van der Waals surface area contributed by atoms with Gasteiger partial charge in [-0.05, 0) is 18.1 Å². The molecule has 1 aromatic carbocycles. The fraction of sp³-hybridized carbons (Fsp3) is 0.375. The lowest BCUT2D eigenvalue weighted by atomic mass is 10.1. The maximum Gasteiger partial charge on any atom is 0.433 e. The van der Waals surface area contributed by atoms with E-state index in [1.165, 1.54) is 24.3 Å². The number of hydrogen-bond acceptors (Lipinski definition) is 7. The Hall–Kier alpha value is -2.95. The number of benzene rings is 1. The zero-order valence-electron chi connectivity index (χ0n) is 14.5. The van der Waals surface area contributed by atoms with Gasteiger partial charge in [0.15, 0.2) is 5.69 Å². The van der Waals surface area contributed by atoms with E-state index in [1.54, 1.807) is 13.8 Å². The molecule has 0 amide bonds. The summed E-state index contributed by atoms with van der Waals surface area (Å²) in [5.74, 6) is -0.504. The van der Waals surface area contributed by atoms with Crippen molar-refractivity contribution >= 4 is 23.1 Å². The number of rotatable bonds is 7. The van der Waals surface area contributed by atoms with Gasteiger partial charge in [-0.2, -0.15) is 18.2 Å². The van der Waals surface area contributed by atoms with Crippen LogP contribution in [-0.2, 0) is 6.18 Å². The topological polar surface area (TPSA) is 113 Å². The van der Waals surface area contributed by atoms with Crippen molar-refractivity contribution in [2.45, 2.75) is 26.1 Å². The lowest BCUT2D eigenvalue weighted by Gasteiger charge is -2.21. The molecular formula is C16H18F3N5O3. The Morgan fingerprint density at radius 1 is 1.22 bits per heavy atom. The molecule has 2 rings (SSSR count). The molecule has 1 heterocycles. The molecule has 8 nitrogen and oxygen atoms in total. The Bertz CT molecular complexity index is 797. The van der Waals surface area contributed by atoms with Gasteiger partial charge in [0.2, 0.25) is 5.95 Å². The Labute approximate surface area is 152 Å². The average molecular weight is 385 g/mol. The summed E-state index contributed by atoms with van der Waals surface area (Å²) in [5, 5.41) is 25.4. The normalized spacial score (nSPS) is 12.7. The summed E-state index contributed by atoms with van der Waals surface area (Å²) in [7, 11) is 0. The van der Waals surface area contributed by atoms with Gasteiger partial charge in [0.05, 0.1) is 17.6 Å². The van der Waals surface area contributed by atoms with Gasteiger partial charge in [0.1, 0.15) is 5.82 Å². The number of non-ortho nitro benzene ring substituents is 1. The van der Waals surface area contributed by atoms with Gasteiger partial charge in [0.25, 0.3) is 5.69 Å². The first-order chi connectivity index (χ1) is 12.6. The molecule has 0 aliphatic rings. The number of halogens is 3. The molecule has 27 heavy (non-hydrogen) atoms. The summed E-state index contributed by atoms with van der Waals surface area (Å²) < 4.78 is 39.4. The predicted octanol–water partition coefficient (Wildman–Crippen LogP) is 3.58. The van der Waals surface area contributed by atoms with E-state index in [4.69, 9.17) is 0 Å². The van der Waals surface area contributed by atoms with Gasteiger partial charge in [-0.15, -0.1) is 0 Å². The summed E-state index contributed by atoms with van der Waals surface area (Å²) in [4.78, 5) is 17.5. The van der Waals surface area contributed by atoms with Crippen LogP contribution < -0.4 is 10.6 Å². The number of hydrogen-bond donors (Lipinski definition) is 3. The predicted molar refractivity (Wildman–Crippen MR) is 92.7 cm³/mol. The highest BCUT2D eigenvalue weighted by Crippen LogP contribution is 2.31. The highest BCUT2D eigenvalue weighted by Gasteiger charge is 2.34. The molecule has 11 heteroatoms. The summed E-state index contributed by atoms with van der Waals surface area (Å²) in [6.07, 6.45) is -4.70. The third-order valence-electron chi connectivity index (χ3n) is 3.68. The molecule has 0 unspecified atom stereocenters. The molecular weight excluding hydrogens is 367 g/mol. The van der Waals surface area contributed by atoms with Crippen LogP contribution in [0.2, 0.25) is 0 Å². The van der Waals surface area contributed by atoms with Crippen molar-refractivity contribution < 1.29 is 23.2 Å². The largest absolute Gasteiger partial charge is 0.433 e. The first-order valence-electron chi connectivity index (χ1n) is 7.95. The molecule has 0 aliphatic carbocycles. The van der Waals surface area contributed by atoms with Crippen molar-refractivity contribution in [2.24, 2.45) is 5.92 Å². The SMILES string of the molecule is CC(C)[C@@H](CO)Nc1nc(Nc2ccc([N+](=O)[O-])cc2)cc(C(F)(F)F)n1. The highest BCUT2D eigenvalue weighted by atomic mass is 19.4. The van der Waals surface area contributed by atoms with Crippen LogP contribution in [0.4, 0.5) is 36.3 Å². The second kappa shape index (κ2) is 8.16. The molecule has 0 bridgehead atoms. The molecule has 0 fully saturated rings. The van der Waals surface area contributed by atoms with Crippen molar-refractivity contribution in [3.8, 4) is 0 Å². The third-order valence-corrected chi connectivity index (χ3v) is 3.68. The van der Waals surface area contributed by atoms with Crippen LogP contribution in [0.15, 0.2) is 30.3 Å². The van der Waals surface area contributed by atoms with Gasteiger partial charge in [-0.1, -0.05) is 13.8 Å². The van der Waals surface area contributed by atoms with Gasteiger partial charge in [-0.25, -0.2) is 4.98 Å². The maximum absolute atomic E-state index is 13.1. The van der Waals surface area contributed by atoms with Crippen LogP contribution in [0.1, 0.15) is 19.5 Å². The molecule has 1 atom stereocenters. The van der Waals surface area contributed by atoms with E-state index < -0.39 is 22.8 Å². The number of nitro groups is 1.